The van der Waals surface area contributed by atoms with E-state index in [9.17, 15) is 0 Å². The van der Waals surface area contributed by atoms with Crippen LogP contribution in [0.3, 0.4) is 0 Å². The van der Waals surface area contributed by atoms with E-state index < -0.39 is 0 Å². The van der Waals surface area contributed by atoms with E-state index in [1.54, 1.807) is 0 Å². The molecule has 1 saturated heterocycles. The Morgan fingerprint density at radius 1 is 1.60 bits per heavy atom. The molecule has 1 atom stereocenters. The maximum absolute atomic E-state index is 4.10. The van der Waals surface area contributed by atoms with Gasteiger partial charge in [-0.05, 0) is 40.8 Å². The standard InChI is InChI=1S/C12H17BrN2/c1-2-3-10-5-7-15(9-10)12-4-6-14-8-11(12)13/h4,6,8,10H,2-3,5,7,9H2,1H3. The summed E-state index contributed by atoms with van der Waals surface area (Å²) >= 11 is 3.56. The molecule has 1 aromatic heterocycles. The summed E-state index contributed by atoms with van der Waals surface area (Å²) in [5.74, 6) is 0.884. The second-order valence-corrected chi connectivity index (χ2v) is 5.07. The molecule has 1 fully saturated rings. The largest absolute Gasteiger partial charge is 0.370 e. The Bertz CT molecular complexity index is 327. The number of anilines is 1. The van der Waals surface area contributed by atoms with Crippen molar-refractivity contribution in [2.45, 2.75) is 26.2 Å². The van der Waals surface area contributed by atoms with Gasteiger partial charge in [0, 0.05) is 25.5 Å². The van der Waals surface area contributed by atoms with Crippen LogP contribution in [0.5, 0.6) is 0 Å². The summed E-state index contributed by atoms with van der Waals surface area (Å²) in [7, 11) is 0. The predicted molar refractivity (Wildman–Crippen MR) is 67.2 cm³/mol. The Kier molecular flexibility index (Phi) is 3.62. The molecule has 0 saturated carbocycles. The highest BCUT2D eigenvalue weighted by atomic mass is 79.9. The Balaban J connectivity index is 2.04. The van der Waals surface area contributed by atoms with Crippen LogP contribution in [-0.2, 0) is 0 Å². The van der Waals surface area contributed by atoms with Gasteiger partial charge in [-0.15, -0.1) is 0 Å². The number of hydrogen-bond acceptors (Lipinski definition) is 2. The number of rotatable bonds is 3. The van der Waals surface area contributed by atoms with E-state index in [0.29, 0.717) is 0 Å². The van der Waals surface area contributed by atoms with Gasteiger partial charge in [-0.1, -0.05) is 13.3 Å². The fraction of sp³-hybridized carbons (Fsp3) is 0.583. The van der Waals surface area contributed by atoms with Crippen molar-refractivity contribution >= 4 is 21.6 Å². The maximum atomic E-state index is 4.10. The van der Waals surface area contributed by atoms with Crippen molar-refractivity contribution in [1.82, 2.24) is 4.98 Å². The smallest absolute Gasteiger partial charge is 0.0592 e. The third kappa shape index (κ3) is 2.51. The van der Waals surface area contributed by atoms with Gasteiger partial charge in [0.15, 0.2) is 0 Å². The van der Waals surface area contributed by atoms with E-state index in [-0.39, 0.29) is 0 Å². The zero-order chi connectivity index (χ0) is 10.7. The molecule has 0 spiro atoms. The fourth-order valence-electron chi connectivity index (χ4n) is 2.32. The zero-order valence-corrected chi connectivity index (χ0v) is 10.7. The molecule has 82 valence electrons. The molecule has 0 amide bonds. The second-order valence-electron chi connectivity index (χ2n) is 4.22. The Morgan fingerprint density at radius 2 is 2.47 bits per heavy atom. The van der Waals surface area contributed by atoms with Gasteiger partial charge in [-0.3, -0.25) is 4.98 Å². The summed E-state index contributed by atoms with van der Waals surface area (Å²) < 4.78 is 1.11. The molecule has 1 aliphatic heterocycles. The van der Waals surface area contributed by atoms with Crippen molar-refractivity contribution in [3.8, 4) is 0 Å². The lowest BCUT2D eigenvalue weighted by Gasteiger charge is -2.19. The van der Waals surface area contributed by atoms with Gasteiger partial charge in [0.25, 0.3) is 0 Å². The van der Waals surface area contributed by atoms with E-state index in [0.717, 1.165) is 10.4 Å². The number of hydrogen-bond donors (Lipinski definition) is 0. The monoisotopic (exact) mass is 268 g/mol. The lowest BCUT2D eigenvalue weighted by Crippen LogP contribution is -2.20. The summed E-state index contributed by atoms with van der Waals surface area (Å²) in [5.41, 5.74) is 1.30. The molecule has 0 N–H and O–H groups in total. The van der Waals surface area contributed by atoms with Gasteiger partial charge >= 0.3 is 0 Å². The van der Waals surface area contributed by atoms with Crippen LogP contribution in [0.1, 0.15) is 26.2 Å². The molecule has 3 heteroatoms. The van der Waals surface area contributed by atoms with E-state index in [4.69, 9.17) is 0 Å². The van der Waals surface area contributed by atoms with E-state index in [2.05, 4.69) is 38.8 Å². The molecule has 2 heterocycles. The minimum Gasteiger partial charge on any atom is -0.370 e. The summed E-state index contributed by atoms with van der Waals surface area (Å²) in [4.78, 5) is 6.56. The van der Waals surface area contributed by atoms with Gasteiger partial charge in [0.05, 0.1) is 10.2 Å². The van der Waals surface area contributed by atoms with Crippen LogP contribution in [-0.4, -0.2) is 18.1 Å². The number of aromatic nitrogens is 1. The average molecular weight is 269 g/mol. The van der Waals surface area contributed by atoms with Crippen molar-refractivity contribution in [1.29, 1.82) is 0 Å². The minimum atomic E-state index is 0.884. The van der Waals surface area contributed by atoms with Crippen LogP contribution in [0.2, 0.25) is 0 Å². The molecule has 2 rings (SSSR count). The van der Waals surface area contributed by atoms with Crippen molar-refractivity contribution in [3.05, 3.63) is 22.9 Å². The quantitative estimate of drug-likeness (QED) is 0.835. The fourth-order valence-corrected chi connectivity index (χ4v) is 2.82. The second kappa shape index (κ2) is 4.97. The Labute approximate surface area is 99.8 Å². The minimum absolute atomic E-state index is 0.884. The van der Waals surface area contributed by atoms with Gasteiger partial charge < -0.3 is 4.90 Å². The van der Waals surface area contributed by atoms with Crippen LogP contribution in [0, 0.1) is 5.92 Å². The highest BCUT2D eigenvalue weighted by Crippen LogP contribution is 2.30. The molecular weight excluding hydrogens is 252 g/mol. The third-order valence-corrected chi connectivity index (χ3v) is 3.69. The normalized spacial score (nSPS) is 20.9. The first-order valence-corrected chi connectivity index (χ1v) is 6.45. The van der Waals surface area contributed by atoms with Crippen LogP contribution >= 0.6 is 15.9 Å². The number of nitrogens with zero attached hydrogens (tertiary/aromatic N) is 2. The van der Waals surface area contributed by atoms with E-state index in [1.807, 2.05) is 12.4 Å². The Morgan fingerprint density at radius 3 is 3.20 bits per heavy atom. The molecule has 2 nitrogen and oxygen atoms in total. The highest BCUT2D eigenvalue weighted by molar-refractivity contribution is 9.10. The van der Waals surface area contributed by atoms with Gasteiger partial charge in [0.1, 0.15) is 0 Å². The summed E-state index contributed by atoms with van der Waals surface area (Å²) in [6.45, 7) is 4.66. The van der Waals surface area contributed by atoms with Crippen LogP contribution in [0.15, 0.2) is 22.9 Å². The molecule has 1 aromatic rings. The van der Waals surface area contributed by atoms with Gasteiger partial charge in [-0.25, -0.2) is 0 Å². The SMILES string of the molecule is CCCC1CCN(c2ccncc2Br)C1. The summed E-state index contributed by atoms with van der Waals surface area (Å²) in [5, 5.41) is 0. The van der Waals surface area contributed by atoms with Crippen molar-refractivity contribution in [3.63, 3.8) is 0 Å². The molecule has 0 aliphatic carbocycles. The summed E-state index contributed by atoms with van der Waals surface area (Å²) in [6, 6.07) is 2.10. The summed E-state index contributed by atoms with van der Waals surface area (Å²) in [6.07, 6.45) is 7.74. The molecule has 0 radical (unpaired) electrons. The Hall–Kier alpha value is -0.570. The highest BCUT2D eigenvalue weighted by Gasteiger charge is 2.22. The van der Waals surface area contributed by atoms with Crippen LogP contribution < -0.4 is 4.90 Å². The van der Waals surface area contributed by atoms with Crippen molar-refractivity contribution < 1.29 is 0 Å². The molecular formula is C12H17BrN2. The molecule has 15 heavy (non-hydrogen) atoms. The first kappa shape index (κ1) is 10.9. The number of pyridine rings is 1. The lowest BCUT2D eigenvalue weighted by atomic mass is 10.0. The lowest BCUT2D eigenvalue weighted by molar-refractivity contribution is 0.530. The van der Waals surface area contributed by atoms with Gasteiger partial charge in [0.2, 0.25) is 0 Å². The molecule has 0 aromatic carbocycles. The first-order chi connectivity index (χ1) is 7.31. The average Bonchev–Trinajstić information content (AvgIpc) is 2.68. The topological polar surface area (TPSA) is 16.1 Å². The van der Waals surface area contributed by atoms with Crippen molar-refractivity contribution in [2.24, 2.45) is 5.92 Å². The first-order valence-electron chi connectivity index (χ1n) is 5.65. The molecule has 1 aliphatic rings. The van der Waals surface area contributed by atoms with Crippen LogP contribution in [0.25, 0.3) is 0 Å². The number of halogens is 1. The third-order valence-electron chi connectivity index (χ3n) is 3.07. The van der Waals surface area contributed by atoms with Gasteiger partial charge in [-0.2, -0.15) is 0 Å². The van der Waals surface area contributed by atoms with Crippen molar-refractivity contribution in [2.75, 3.05) is 18.0 Å². The molecule has 0 bridgehead atoms. The van der Waals surface area contributed by atoms with E-state index in [1.165, 1.54) is 38.0 Å². The van der Waals surface area contributed by atoms with E-state index >= 15 is 0 Å². The maximum Gasteiger partial charge on any atom is 0.0592 e. The van der Waals surface area contributed by atoms with Crippen LogP contribution in [0.4, 0.5) is 5.69 Å². The molecule has 1 unspecified atom stereocenters. The predicted octanol–water partition coefficient (Wildman–Crippen LogP) is 3.47. The zero-order valence-electron chi connectivity index (χ0n) is 9.12.